The van der Waals surface area contributed by atoms with E-state index < -0.39 is 48.3 Å². The lowest BCUT2D eigenvalue weighted by atomic mass is 9.96. The minimum atomic E-state index is -1.29. The minimum absolute atomic E-state index is 0.285. The van der Waals surface area contributed by atoms with Crippen LogP contribution in [0.4, 0.5) is 0 Å². The molecule has 0 rings (SSSR count). The number of amides is 2. The van der Waals surface area contributed by atoms with Crippen LogP contribution in [0, 0.1) is 11.8 Å². The van der Waals surface area contributed by atoms with Crippen molar-refractivity contribution in [2.24, 2.45) is 17.6 Å². The molecule has 0 aromatic carbocycles. The molecule has 9 heteroatoms. The van der Waals surface area contributed by atoms with Crippen LogP contribution in [0.15, 0.2) is 0 Å². The Kier molecular flexibility index (Phi) is 8.97. The van der Waals surface area contributed by atoms with Crippen LogP contribution in [-0.2, 0) is 19.2 Å². The summed E-state index contributed by atoms with van der Waals surface area (Å²) in [6.45, 7) is 6.83. The lowest BCUT2D eigenvalue weighted by Gasteiger charge is -2.27. The SMILES string of the molecule is CCC(C)C(NC(=O)C(N)CC(=O)O)C(=O)NC(C(=O)O)C(C)C. The molecule has 138 valence electrons. The van der Waals surface area contributed by atoms with Gasteiger partial charge in [-0.05, 0) is 11.8 Å². The lowest BCUT2D eigenvalue weighted by Crippen LogP contribution is -2.57. The monoisotopic (exact) mass is 345 g/mol. The van der Waals surface area contributed by atoms with Crippen molar-refractivity contribution in [1.82, 2.24) is 10.6 Å². The number of hydrogen-bond acceptors (Lipinski definition) is 5. The average Bonchev–Trinajstić information content (AvgIpc) is 2.47. The third kappa shape index (κ3) is 6.95. The second-order valence-electron chi connectivity index (χ2n) is 6.14. The summed E-state index contributed by atoms with van der Waals surface area (Å²) in [5.74, 6) is -4.43. The van der Waals surface area contributed by atoms with E-state index in [1.54, 1.807) is 20.8 Å². The van der Waals surface area contributed by atoms with Gasteiger partial charge in [0.05, 0.1) is 12.5 Å². The number of rotatable bonds is 10. The molecule has 4 atom stereocenters. The summed E-state index contributed by atoms with van der Waals surface area (Å²) in [4.78, 5) is 46.2. The lowest BCUT2D eigenvalue weighted by molar-refractivity contribution is -0.144. The van der Waals surface area contributed by atoms with Gasteiger partial charge in [-0.2, -0.15) is 0 Å². The average molecular weight is 345 g/mol. The van der Waals surface area contributed by atoms with E-state index in [4.69, 9.17) is 15.9 Å². The predicted molar refractivity (Wildman–Crippen MR) is 86.0 cm³/mol. The van der Waals surface area contributed by atoms with E-state index in [-0.39, 0.29) is 11.8 Å². The molecule has 0 aromatic rings. The molecular formula is C15H27N3O6. The summed E-state index contributed by atoms with van der Waals surface area (Å²) >= 11 is 0. The fourth-order valence-electron chi connectivity index (χ4n) is 2.00. The highest BCUT2D eigenvalue weighted by atomic mass is 16.4. The van der Waals surface area contributed by atoms with Crippen LogP contribution >= 0.6 is 0 Å². The number of carbonyl (C=O) groups is 4. The Hall–Kier alpha value is -2.16. The first kappa shape index (κ1) is 21.8. The Balaban J connectivity index is 5.12. The largest absolute Gasteiger partial charge is 0.481 e. The van der Waals surface area contributed by atoms with Crippen molar-refractivity contribution in [2.75, 3.05) is 0 Å². The Morgan fingerprint density at radius 3 is 1.83 bits per heavy atom. The molecule has 0 aliphatic rings. The van der Waals surface area contributed by atoms with E-state index in [0.717, 1.165) is 0 Å². The maximum absolute atomic E-state index is 12.4. The van der Waals surface area contributed by atoms with E-state index in [2.05, 4.69) is 10.6 Å². The fraction of sp³-hybridized carbons (Fsp3) is 0.733. The van der Waals surface area contributed by atoms with Crippen LogP contribution in [0.2, 0.25) is 0 Å². The number of carbonyl (C=O) groups excluding carboxylic acids is 2. The van der Waals surface area contributed by atoms with Crippen LogP contribution < -0.4 is 16.4 Å². The number of carboxylic acid groups (broad SMARTS) is 2. The van der Waals surface area contributed by atoms with Gasteiger partial charge in [-0.3, -0.25) is 14.4 Å². The van der Waals surface area contributed by atoms with Crippen molar-refractivity contribution in [3.63, 3.8) is 0 Å². The Morgan fingerprint density at radius 1 is 0.958 bits per heavy atom. The molecule has 0 saturated heterocycles. The zero-order valence-corrected chi connectivity index (χ0v) is 14.4. The highest BCUT2D eigenvalue weighted by molar-refractivity contribution is 5.93. The van der Waals surface area contributed by atoms with Gasteiger partial charge in [-0.25, -0.2) is 4.79 Å². The van der Waals surface area contributed by atoms with E-state index in [9.17, 15) is 19.2 Å². The number of hydrogen-bond donors (Lipinski definition) is 5. The molecule has 0 bridgehead atoms. The maximum atomic E-state index is 12.4. The van der Waals surface area contributed by atoms with Gasteiger partial charge in [0.25, 0.3) is 0 Å². The number of nitrogens with two attached hydrogens (primary N) is 1. The summed E-state index contributed by atoms with van der Waals surface area (Å²) in [7, 11) is 0. The quantitative estimate of drug-likeness (QED) is 0.358. The van der Waals surface area contributed by atoms with E-state index in [1.165, 1.54) is 0 Å². The van der Waals surface area contributed by atoms with Crippen LogP contribution in [0.25, 0.3) is 0 Å². The molecule has 0 spiro atoms. The first-order valence-corrected chi connectivity index (χ1v) is 7.82. The normalized spacial score (nSPS) is 15.9. The van der Waals surface area contributed by atoms with Crippen LogP contribution in [0.5, 0.6) is 0 Å². The molecule has 0 aliphatic carbocycles. The third-order valence-corrected chi connectivity index (χ3v) is 3.75. The van der Waals surface area contributed by atoms with Crippen LogP contribution in [0.3, 0.4) is 0 Å². The summed E-state index contributed by atoms with van der Waals surface area (Å²) in [5.41, 5.74) is 5.49. The molecule has 24 heavy (non-hydrogen) atoms. The zero-order chi connectivity index (χ0) is 19.0. The zero-order valence-electron chi connectivity index (χ0n) is 14.4. The summed E-state index contributed by atoms with van der Waals surface area (Å²) in [6, 6.07) is -3.38. The number of carboxylic acids is 2. The molecule has 2 amide bonds. The van der Waals surface area contributed by atoms with Crippen molar-refractivity contribution in [1.29, 1.82) is 0 Å². The highest BCUT2D eigenvalue weighted by Gasteiger charge is 2.32. The van der Waals surface area contributed by atoms with Gasteiger partial charge in [0.1, 0.15) is 12.1 Å². The molecule has 0 heterocycles. The van der Waals surface area contributed by atoms with Gasteiger partial charge in [-0.1, -0.05) is 34.1 Å². The molecule has 0 aromatic heterocycles. The van der Waals surface area contributed by atoms with Crippen molar-refractivity contribution < 1.29 is 29.4 Å². The topological polar surface area (TPSA) is 159 Å². The van der Waals surface area contributed by atoms with E-state index in [1.807, 2.05) is 6.92 Å². The van der Waals surface area contributed by atoms with Gasteiger partial charge in [-0.15, -0.1) is 0 Å². The van der Waals surface area contributed by atoms with E-state index in [0.29, 0.717) is 6.42 Å². The first-order valence-electron chi connectivity index (χ1n) is 7.82. The summed E-state index contributed by atoms with van der Waals surface area (Å²) in [5, 5.41) is 22.6. The molecule has 0 radical (unpaired) electrons. The van der Waals surface area contributed by atoms with Crippen molar-refractivity contribution in [2.45, 2.75) is 58.7 Å². The van der Waals surface area contributed by atoms with Crippen LogP contribution in [0.1, 0.15) is 40.5 Å². The Labute approximate surface area is 141 Å². The molecule has 6 N–H and O–H groups in total. The Morgan fingerprint density at radius 2 is 1.46 bits per heavy atom. The fourth-order valence-corrected chi connectivity index (χ4v) is 2.00. The molecule has 9 nitrogen and oxygen atoms in total. The first-order chi connectivity index (χ1) is 11.0. The van der Waals surface area contributed by atoms with Crippen molar-refractivity contribution in [3.05, 3.63) is 0 Å². The van der Waals surface area contributed by atoms with Gasteiger partial charge >= 0.3 is 11.9 Å². The highest BCUT2D eigenvalue weighted by Crippen LogP contribution is 2.10. The summed E-state index contributed by atoms with van der Waals surface area (Å²) < 4.78 is 0. The molecule has 0 aliphatic heterocycles. The second-order valence-corrected chi connectivity index (χ2v) is 6.14. The Bertz CT molecular complexity index is 480. The third-order valence-electron chi connectivity index (χ3n) is 3.75. The van der Waals surface area contributed by atoms with Crippen molar-refractivity contribution >= 4 is 23.8 Å². The van der Waals surface area contributed by atoms with Crippen molar-refractivity contribution in [3.8, 4) is 0 Å². The predicted octanol–water partition coefficient (Wildman–Crippen LogP) is -0.455. The number of aliphatic carboxylic acids is 2. The van der Waals surface area contributed by atoms with Gasteiger partial charge in [0.2, 0.25) is 11.8 Å². The number of nitrogens with one attached hydrogen (secondary N) is 2. The second kappa shape index (κ2) is 9.86. The minimum Gasteiger partial charge on any atom is -0.481 e. The van der Waals surface area contributed by atoms with Gasteiger partial charge < -0.3 is 26.6 Å². The van der Waals surface area contributed by atoms with Gasteiger partial charge in [0.15, 0.2) is 0 Å². The van der Waals surface area contributed by atoms with Crippen LogP contribution in [-0.4, -0.2) is 52.1 Å². The standard InChI is InChI=1S/C15H27N3O6/c1-5-8(4)12(18-13(21)9(16)6-10(19)20)14(22)17-11(7(2)3)15(23)24/h7-9,11-12H,5-6,16H2,1-4H3,(H,17,22)(H,18,21)(H,19,20)(H,23,24). The molecular weight excluding hydrogens is 318 g/mol. The maximum Gasteiger partial charge on any atom is 0.326 e. The van der Waals surface area contributed by atoms with Gasteiger partial charge in [0, 0.05) is 0 Å². The summed E-state index contributed by atoms with van der Waals surface area (Å²) in [6.07, 6.45) is -0.0175. The molecule has 0 fully saturated rings. The molecule has 4 unspecified atom stereocenters. The van der Waals surface area contributed by atoms with E-state index >= 15 is 0 Å². The smallest absolute Gasteiger partial charge is 0.326 e. The molecule has 0 saturated carbocycles.